The second kappa shape index (κ2) is 12.4. The quantitative estimate of drug-likeness (QED) is 0.385. The maximum Gasteiger partial charge on any atom is 0.408 e. The fourth-order valence-electron chi connectivity index (χ4n) is 6.14. The first-order valence-corrected chi connectivity index (χ1v) is 14.4. The summed E-state index contributed by atoms with van der Waals surface area (Å²) in [5, 5.41) is 20.1. The van der Waals surface area contributed by atoms with Crippen LogP contribution in [0.3, 0.4) is 0 Å². The third kappa shape index (κ3) is 6.90. The minimum absolute atomic E-state index is 0.0256. The molecule has 2 fully saturated rings. The van der Waals surface area contributed by atoms with Gasteiger partial charge in [-0.3, -0.25) is 4.68 Å². The number of aryl methyl sites for hydroxylation is 4. The first kappa shape index (κ1) is 27.4. The maximum atomic E-state index is 12.6. The van der Waals surface area contributed by atoms with E-state index in [1.54, 1.807) is 0 Å². The summed E-state index contributed by atoms with van der Waals surface area (Å²) in [5.74, 6) is 0.562. The number of aromatic nitrogens is 3. The van der Waals surface area contributed by atoms with Gasteiger partial charge in [0.2, 0.25) is 0 Å². The number of hydrogen-bond acceptors (Lipinski definition) is 7. The molecule has 1 amide bonds. The zero-order valence-corrected chi connectivity index (χ0v) is 23.0. The average Bonchev–Trinajstić information content (AvgIpc) is 3.48. The predicted octanol–water partition coefficient (Wildman–Crippen LogP) is 4.34. The van der Waals surface area contributed by atoms with E-state index in [2.05, 4.69) is 27.9 Å². The zero-order valence-electron chi connectivity index (χ0n) is 23.0. The molecule has 10 nitrogen and oxygen atoms in total. The first-order valence-electron chi connectivity index (χ1n) is 14.4. The van der Waals surface area contributed by atoms with Crippen molar-refractivity contribution in [3.05, 3.63) is 40.8 Å². The van der Waals surface area contributed by atoms with Gasteiger partial charge in [-0.15, -0.1) is 0 Å². The Morgan fingerprint density at radius 2 is 2.08 bits per heavy atom. The lowest BCUT2D eigenvalue weighted by atomic mass is 9.79. The Morgan fingerprint density at radius 3 is 2.85 bits per heavy atom. The van der Waals surface area contributed by atoms with Gasteiger partial charge in [-0.25, -0.2) is 14.6 Å². The second-order valence-electron chi connectivity index (χ2n) is 11.3. The Bertz CT molecular complexity index is 1160. The molecule has 3 atom stereocenters. The highest BCUT2D eigenvalue weighted by molar-refractivity contribution is 5.79. The molecule has 3 heterocycles. The van der Waals surface area contributed by atoms with Crippen LogP contribution in [-0.4, -0.2) is 63.3 Å². The van der Waals surface area contributed by atoms with Gasteiger partial charge in [0.15, 0.2) is 0 Å². The van der Waals surface area contributed by atoms with E-state index in [9.17, 15) is 14.7 Å². The molecule has 5 rings (SSSR count). The number of ether oxygens (including phenoxy) is 2. The van der Waals surface area contributed by atoms with Crippen LogP contribution in [-0.2, 0) is 27.1 Å². The van der Waals surface area contributed by atoms with E-state index < -0.39 is 18.1 Å². The topological polar surface area (TPSA) is 128 Å². The van der Waals surface area contributed by atoms with Crippen LogP contribution in [0.25, 0.3) is 0 Å². The maximum absolute atomic E-state index is 12.6. The van der Waals surface area contributed by atoms with Crippen molar-refractivity contribution in [3.63, 3.8) is 0 Å². The molecule has 2 aromatic rings. The van der Waals surface area contributed by atoms with E-state index in [1.165, 1.54) is 5.56 Å². The van der Waals surface area contributed by atoms with Crippen LogP contribution in [0.15, 0.2) is 18.2 Å². The number of alkyl carbamates (subject to hydrolysis) is 1. The molecule has 1 aliphatic heterocycles. The van der Waals surface area contributed by atoms with Crippen LogP contribution < -0.4 is 10.6 Å². The number of amides is 1. The van der Waals surface area contributed by atoms with Gasteiger partial charge in [-0.2, -0.15) is 5.10 Å². The van der Waals surface area contributed by atoms with Crippen molar-refractivity contribution < 1.29 is 24.2 Å². The summed E-state index contributed by atoms with van der Waals surface area (Å²) in [7, 11) is 0. The number of nitrogens with one attached hydrogen (secondary N) is 2. The normalized spacial score (nSPS) is 24.8. The second-order valence-corrected chi connectivity index (χ2v) is 11.3. The molecule has 0 saturated heterocycles. The summed E-state index contributed by atoms with van der Waals surface area (Å²) in [5.41, 5.74) is 4.40. The van der Waals surface area contributed by atoms with Gasteiger partial charge >= 0.3 is 12.1 Å². The Morgan fingerprint density at radius 1 is 1.23 bits per heavy atom. The van der Waals surface area contributed by atoms with Gasteiger partial charge in [-0.05, 0) is 95.2 Å². The lowest BCUT2D eigenvalue weighted by Crippen LogP contribution is -2.44. The molecule has 1 unspecified atom stereocenters. The lowest BCUT2D eigenvalue weighted by molar-refractivity contribution is -0.140. The van der Waals surface area contributed by atoms with Crippen molar-refractivity contribution in [1.29, 1.82) is 0 Å². The van der Waals surface area contributed by atoms with Gasteiger partial charge in [0.1, 0.15) is 18.0 Å². The number of aliphatic carboxylic acids is 1. The third-order valence-electron chi connectivity index (χ3n) is 8.34. The number of carboxylic acid groups (broad SMARTS) is 1. The molecule has 0 bridgehead atoms. The van der Waals surface area contributed by atoms with Gasteiger partial charge in [-0.1, -0.05) is 6.07 Å². The van der Waals surface area contributed by atoms with E-state index in [-0.39, 0.29) is 31.3 Å². The van der Waals surface area contributed by atoms with Crippen molar-refractivity contribution in [2.75, 3.05) is 18.5 Å². The van der Waals surface area contributed by atoms with E-state index in [4.69, 9.17) is 14.5 Å². The van der Waals surface area contributed by atoms with Crippen LogP contribution in [0.5, 0.6) is 0 Å². The van der Waals surface area contributed by atoms with E-state index in [1.807, 2.05) is 24.6 Å². The van der Waals surface area contributed by atoms with Gasteiger partial charge in [0.25, 0.3) is 0 Å². The fourth-order valence-corrected chi connectivity index (χ4v) is 6.14. The lowest BCUT2D eigenvalue weighted by Gasteiger charge is -2.35. The number of anilines is 1. The molecule has 10 heteroatoms. The molecule has 2 aliphatic carbocycles. The number of hydrogen-bond donors (Lipinski definition) is 3. The Kier molecular flexibility index (Phi) is 8.69. The summed E-state index contributed by atoms with van der Waals surface area (Å²) in [4.78, 5) is 29.1. The molecule has 2 aromatic heterocycles. The minimum atomic E-state index is -1.09. The van der Waals surface area contributed by atoms with E-state index >= 15 is 0 Å². The Hall–Kier alpha value is -3.14. The number of carboxylic acids is 1. The zero-order chi connectivity index (χ0) is 27.4. The standard InChI is InChI=1S/C29H41N5O5/c1-18-15-19(2)34(33-18)25-6-3-7-26(25)39-29(37)32-24(28(35)36)12-14-38-23-16-20(17-23)8-10-22-11-9-21-5-4-13-30-27(21)31-22/h9,11,15,20,23-26H,3-8,10,12-14,16-17H2,1-2H3,(H,30,31)(H,32,37)(H,35,36)/t20-,23-,24?,25-,26-/m1/s1. The van der Waals surface area contributed by atoms with Crippen molar-refractivity contribution in [2.45, 2.75) is 102 Å². The number of nitrogens with zero attached hydrogens (tertiary/aromatic N) is 3. The molecule has 0 aromatic carbocycles. The number of rotatable bonds is 11. The largest absolute Gasteiger partial charge is 0.480 e. The van der Waals surface area contributed by atoms with E-state index in [0.717, 1.165) is 87.2 Å². The molecular formula is C29H41N5O5. The highest BCUT2D eigenvalue weighted by atomic mass is 16.6. The van der Waals surface area contributed by atoms with Crippen LogP contribution in [0.4, 0.5) is 10.6 Å². The Labute approximate surface area is 229 Å². The predicted molar refractivity (Wildman–Crippen MR) is 146 cm³/mol. The molecule has 0 radical (unpaired) electrons. The van der Waals surface area contributed by atoms with Gasteiger partial charge in [0, 0.05) is 31.0 Å². The van der Waals surface area contributed by atoms with Gasteiger partial charge < -0.3 is 25.2 Å². The molecule has 0 spiro atoms. The van der Waals surface area contributed by atoms with Crippen molar-refractivity contribution in [2.24, 2.45) is 5.92 Å². The van der Waals surface area contributed by atoms with Crippen LogP contribution >= 0.6 is 0 Å². The highest BCUT2D eigenvalue weighted by Crippen LogP contribution is 2.35. The number of carbonyl (C=O) groups excluding carboxylic acids is 1. The fraction of sp³-hybridized carbons (Fsp3) is 0.655. The number of carbonyl (C=O) groups is 2. The minimum Gasteiger partial charge on any atom is -0.480 e. The van der Waals surface area contributed by atoms with Crippen LogP contribution in [0.2, 0.25) is 0 Å². The monoisotopic (exact) mass is 539 g/mol. The molecular weight excluding hydrogens is 498 g/mol. The van der Waals surface area contributed by atoms with Crippen molar-refractivity contribution >= 4 is 17.9 Å². The number of pyridine rings is 1. The van der Waals surface area contributed by atoms with Gasteiger partial charge in [0.05, 0.1) is 17.8 Å². The summed E-state index contributed by atoms with van der Waals surface area (Å²) < 4.78 is 13.5. The summed E-state index contributed by atoms with van der Waals surface area (Å²) >= 11 is 0. The summed E-state index contributed by atoms with van der Waals surface area (Å²) in [6.07, 6.45) is 8.12. The summed E-state index contributed by atoms with van der Waals surface area (Å²) in [6.45, 7) is 5.21. The van der Waals surface area contributed by atoms with Crippen LogP contribution in [0, 0.1) is 19.8 Å². The molecule has 39 heavy (non-hydrogen) atoms. The average molecular weight is 540 g/mol. The molecule has 3 aliphatic rings. The smallest absolute Gasteiger partial charge is 0.408 e. The van der Waals surface area contributed by atoms with E-state index in [0.29, 0.717) is 5.92 Å². The SMILES string of the molecule is Cc1cc(C)n([C@@H]2CCC[C@H]2OC(=O)NC(CCO[C@H]2C[C@H](CCc3ccc4c(n3)NCCC4)C2)C(=O)O)n1. The number of fused-ring (bicyclic) bond motifs is 1. The first-order chi connectivity index (χ1) is 18.9. The molecule has 2 saturated carbocycles. The molecule has 212 valence electrons. The van der Waals surface area contributed by atoms with Crippen molar-refractivity contribution in [1.82, 2.24) is 20.1 Å². The summed E-state index contributed by atoms with van der Waals surface area (Å²) in [6, 6.07) is 5.28. The van der Waals surface area contributed by atoms with Crippen molar-refractivity contribution in [3.8, 4) is 0 Å². The Balaban J connectivity index is 1.000. The third-order valence-corrected chi connectivity index (χ3v) is 8.34. The highest BCUT2D eigenvalue weighted by Gasteiger charge is 2.35. The van der Waals surface area contributed by atoms with Crippen LogP contribution in [0.1, 0.15) is 80.1 Å². The molecule has 3 N–H and O–H groups in total.